The predicted octanol–water partition coefficient (Wildman–Crippen LogP) is 0.446. The van der Waals surface area contributed by atoms with E-state index in [2.05, 4.69) is 42.1 Å². The highest BCUT2D eigenvalue weighted by Gasteiger charge is 2.27. The smallest absolute Gasteiger partial charge is 0.275 e. The summed E-state index contributed by atoms with van der Waals surface area (Å²) < 4.78 is 2.34. The molecular weight excluding hydrogens is 382 g/mol. The first-order valence-electron chi connectivity index (χ1n) is 10.8. The van der Waals surface area contributed by atoms with Gasteiger partial charge >= 0.3 is 0 Å². The number of aryl methyl sites for hydroxylation is 1. The Labute approximate surface area is 178 Å². The van der Waals surface area contributed by atoms with E-state index in [0.29, 0.717) is 6.54 Å². The maximum Gasteiger partial charge on any atom is 0.275 e. The molecule has 1 amide bonds. The number of carbonyl (C=O) groups excluding carboxylic acids is 1. The van der Waals surface area contributed by atoms with Crippen molar-refractivity contribution in [3.05, 3.63) is 27.8 Å². The van der Waals surface area contributed by atoms with Gasteiger partial charge < -0.3 is 19.7 Å². The average Bonchev–Trinajstić information content (AvgIpc) is 3.19. The summed E-state index contributed by atoms with van der Waals surface area (Å²) >= 11 is 1.78. The van der Waals surface area contributed by atoms with Gasteiger partial charge in [-0.2, -0.15) is 0 Å². The van der Waals surface area contributed by atoms with E-state index in [1.165, 1.54) is 26.9 Å². The zero-order valence-corrected chi connectivity index (χ0v) is 19.6. The fourth-order valence-electron chi connectivity index (χ4n) is 4.28. The number of aromatic nitrogens is 2. The number of piperazine rings is 1. The molecule has 0 aliphatic carbocycles. The van der Waals surface area contributed by atoms with Crippen molar-refractivity contribution in [1.82, 2.24) is 14.9 Å². The van der Waals surface area contributed by atoms with E-state index in [1.54, 1.807) is 16.2 Å². The zero-order chi connectivity index (χ0) is 21.2. The van der Waals surface area contributed by atoms with Crippen LogP contribution in [0.5, 0.6) is 0 Å². The van der Waals surface area contributed by atoms with Crippen molar-refractivity contribution in [2.24, 2.45) is 0 Å². The van der Waals surface area contributed by atoms with Crippen LogP contribution in [0.3, 0.4) is 0 Å². The van der Waals surface area contributed by atoms with Gasteiger partial charge in [-0.15, -0.1) is 11.3 Å². The van der Waals surface area contributed by atoms with Crippen molar-refractivity contribution in [2.45, 2.75) is 60.2 Å². The number of rotatable bonds is 6. The Morgan fingerprint density at radius 3 is 2.45 bits per heavy atom. The summed E-state index contributed by atoms with van der Waals surface area (Å²) in [5.74, 6) is 0.158. The van der Waals surface area contributed by atoms with Crippen molar-refractivity contribution in [3.63, 3.8) is 0 Å². The molecule has 0 aromatic carbocycles. The van der Waals surface area contributed by atoms with E-state index in [4.69, 9.17) is 4.98 Å². The molecule has 7 heteroatoms. The maximum atomic E-state index is 12.2. The topological polar surface area (TPSA) is 55.8 Å². The summed E-state index contributed by atoms with van der Waals surface area (Å²) in [5.41, 5.74) is 4.83. The van der Waals surface area contributed by atoms with E-state index in [-0.39, 0.29) is 11.4 Å². The number of quaternary nitrogens is 2. The van der Waals surface area contributed by atoms with Crippen LogP contribution in [0.4, 0.5) is 0 Å². The fourth-order valence-corrected chi connectivity index (χ4v) is 5.14. The highest BCUT2D eigenvalue weighted by molar-refractivity contribution is 7.09. The van der Waals surface area contributed by atoms with E-state index in [9.17, 15) is 4.79 Å². The molecular formula is C22H37N5OS+2. The molecule has 0 radical (unpaired) electrons. The van der Waals surface area contributed by atoms with Crippen molar-refractivity contribution in [1.29, 1.82) is 0 Å². The lowest BCUT2D eigenvalue weighted by Gasteiger charge is -2.29. The molecule has 0 bridgehead atoms. The van der Waals surface area contributed by atoms with Crippen LogP contribution in [0, 0.1) is 13.8 Å². The van der Waals surface area contributed by atoms with Crippen molar-refractivity contribution in [3.8, 4) is 11.3 Å². The summed E-state index contributed by atoms with van der Waals surface area (Å²) in [7, 11) is 0. The Kier molecular flexibility index (Phi) is 6.81. The molecule has 3 rings (SSSR count). The lowest BCUT2D eigenvalue weighted by Crippen LogP contribution is -3.28. The zero-order valence-electron chi connectivity index (χ0n) is 18.8. The molecule has 0 unspecified atom stereocenters. The van der Waals surface area contributed by atoms with Crippen LogP contribution in [0.1, 0.15) is 44.1 Å². The second-order valence-corrected chi connectivity index (χ2v) is 10.2. The average molecular weight is 420 g/mol. The Morgan fingerprint density at radius 1 is 1.21 bits per heavy atom. The molecule has 2 aromatic rings. The maximum absolute atomic E-state index is 12.2. The fraction of sp³-hybridized carbons (Fsp3) is 0.636. The molecule has 3 N–H and O–H groups in total. The molecule has 0 spiro atoms. The molecule has 160 valence electrons. The minimum atomic E-state index is -0.152. The molecule has 1 saturated heterocycles. The molecule has 1 fully saturated rings. The van der Waals surface area contributed by atoms with Gasteiger partial charge in [0.1, 0.15) is 37.7 Å². The van der Waals surface area contributed by atoms with Crippen LogP contribution in [0.15, 0.2) is 11.4 Å². The molecule has 2 aromatic heterocycles. The van der Waals surface area contributed by atoms with Gasteiger partial charge in [0.15, 0.2) is 6.54 Å². The Bertz CT molecular complexity index is 840. The number of carbonyl (C=O) groups is 1. The first-order chi connectivity index (χ1) is 13.7. The number of thiazole rings is 1. The summed E-state index contributed by atoms with van der Waals surface area (Å²) in [6.45, 7) is 19.5. The second-order valence-electron chi connectivity index (χ2n) is 9.31. The minimum Gasteiger partial charge on any atom is -0.349 e. The Hall–Kier alpha value is -1.70. The number of nitrogens with zero attached hydrogens (tertiary/aromatic N) is 2. The lowest BCUT2D eigenvalue weighted by molar-refractivity contribution is -1.02. The van der Waals surface area contributed by atoms with Gasteiger partial charge in [0.05, 0.1) is 5.69 Å². The van der Waals surface area contributed by atoms with Crippen LogP contribution in [-0.2, 0) is 17.9 Å². The molecule has 0 saturated carbocycles. The van der Waals surface area contributed by atoms with Gasteiger partial charge in [0.25, 0.3) is 5.91 Å². The number of nitrogens with one attached hydrogen (secondary N) is 3. The first-order valence-corrected chi connectivity index (χ1v) is 11.6. The largest absolute Gasteiger partial charge is 0.349 e. The molecule has 29 heavy (non-hydrogen) atoms. The summed E-state index contributed by atoms with van der Waals surface area (Å²) in [6.07, 6.45) is 0. The van der Waals surface area contributed by atoms with Crippen LogP contribution < -0.4 is 15.1 Å². The van der Waals surface area contributed by atoms with E-state index in [1.807, 2.05) is 20.8 Å². The summed E-state index contributed by atoms with van der Waals surface area (Å²) in [4.78, 5) is 20.1. The monoisotopic (exact) mass is 419 g/mol. The standard InChI is InChI=1S/C22H35N5OS/c1-7-27-16(2)12-18(17(27)3)19-15-29-21(23-19)14-26-10-8-25(9-11-26)13-20(28)24-22(4,5)6/h12,15H,7-11,13-14H2,1-6H3,(H,24,28)/p+2. The lowest BCUT2D eigenvalue weighted by atomic mass is 10.1. The normalized spacial score (nSPS) is 20.1. The molecule has 1 aliphatic heterocycles. The van der Waals surface area contributed by atoms with Gasteiger partial charge in [-0.05, 0) is 47.6 Å². The number of amides is 1. The molecule has 1 aliphatic rings. The predicted molar refractivity (Wildman–Crippen MR) is 119 cm³/mol. The highest BCUT2D eigenvalue weighted by Crippen LogP contribution is 2.27. The Morgan fingerprint density at radius 2 is 1.86 bits per heavy atom. The van der Waals surface area contributed by atoms with Gasteiger partial charge in [0, 0.05) is 34.4 Å². The van der Waals surface area contributed by atoms with Crippen LogP contribution in [0.25, 0.3) is 11.3 Å². The number of hydrogen-bond acceptors (Lipinski definition) is 3. The second kappa shape index (κ2) is 8.98. The van der Waals surface area contributed by atoms with Crippen molar-refractivity contribution in [2.75, 3.05) is 32.7 Å². The van der Waals surface area contributed by atoms with Gasteiger partial charge in [-0.3, -0.25) is 4.79 Å². The third-order valence-corrected chi connectivity index (χ3v) is 6.56. The molecule has 0 atom stereocenters. The molecule has 3 heterocycles. The van der Waals surface area contributed by atoms with Crippen LogP contribution >= 0.6 is 11.3 Å². The number of hydrogen-bond donors (Lipinski definition) is 3. The highest BCUT2D eigenvalue weighted by atomic mass is 32.1. The van der Waals surface area contributed by atoms with Crippen molar-refractivity contribution >= 4 is 17.2 Å². The van der Waals surface area contributed by atoms with E-state index in [0.717, 1.165) is 45.0 Å². The van der Waals surface area contributed by atoms with Gasteiger partial charge in [0.2, 0.25) is 0 Å². The summed E-state index contributed by atoms with van der Waals surface area (Å²) in [5, 5.41) is 6.49. The van der Waals surface area contributed by atoms with E-state index < -0.39 is 0 Å². The third-order valence-electron chi connectivity index (χ3n) is 5.71. The van der Waals surface area contributed by atoms with Crippen molar-refractivity contribution < 1.29 is 14.6 Å². The van der Waals surface area contributed by atoms with E-state index >= 15 is 0 Å². The quantitative estimate of drug-likeness (QED) is 0.637. The SMILES string of the molecule is CCn1c(C)cc(-c2csc(C[NH+]3CC[NH+](CC(=O)NC(C)(C)C)CC3)n2)c1C. The van der Waals surface area contributed by atoms with Crippen LogP contribution in [0.2, 0.25) is 0 Å². The van der Waals surface area contributed by atoms with Crippen LogP contribution in [-0.4, -0.2) is 53.7 Å². The van der Waals surface area contributed by atoms with Gasteiger partial charge in [-0.1, -0.05) is 0 Å². The third kappa shape index (κ3) is 5.68. The first kappa shape index (κ1) is 22.0. The summed E-state index contributed by atoms with van der Waals surface area (Å²) in [6, 6.07) is 2.26. The molecule has 6 nitrogen and oxygen atoms in total. The Balaban J connectivity index is 1.52. The van der Waals surface area contributed by atoms with Gasteiger partial charge in [-0.25, -0.2) is 4.98 Å². The minimum absolute atomic E-state index is 0.152.